The Bertz CT molecular complexity index is 1360. The molecule has 4 heterocycles. The number of benzene rings is 1. The molecule has 37 heavy (non-hydrogen) atoms. The second kappa shape index (κ2) is 9.46. The van der Waals surface area contributed by atoms with Crippen molar-refractivity contribution < 1.29 is 14.7 Å². The number of aryl methyl sites for hydroxylation is 2. The maximum Gasteiger partial charge on any atom is 0.277 e. The molecular weight excluding hydrogens is 490 g/mol. The number of likely N-dealkylation sites (tertiary alicyclic amines) is 1. The number of aliphatic imine (C=N–C) groups is 1. The number of hydrogen-bond donors (Lipinski definition) is 2. The number of aliphatic hydroxyl groups is 1. The monoisotopic (exact) mass is 521 g/mol. The van der Waals surface area contributed by atoms with Gasteiger partial charge in [0.15, 0.2) is 0 Å². The molecule has 3 aromatic rings. The summed E-state index contributed by atoms with van der Waals surface area (Å²) >= 11 is 1.58. The number of β-amino-alcohol motifs (C(OH)–C–C–N with tert-alkyl or cyclic N) is 1. The minimum atomic E-state index is -1.07. The smallest absolute Gasteiger partial charge is 0.277 e. The molecule has 0 spiro atoms. The zero-order valence-electron chi connectivity index (χ0n) is 21.5. The molecule has 0 saturated carbocycles. The van der Waals surface area contributed by atoms with Gasteiger partial charge in [0.05, 0.1) is 39.8 Å². The van der Waals surface area contributed by atoms with Crippen LogP contribution in [0.5, 0.6) is 0 Å². The van der Waals surface area contributed by atoms with E-state index in [0.29, 0.717) is 18.0 Å². The summed E-state index contributed by atoms with van der Waals surface area (Å²) in [5, 5.41) is 22.0. The van der Waals surface area contributed by atoms with Crippen LogP contribution in [0, 0.1) is 12.8 Å². The first kappa shape index (κ1) is 25.2. The maximum absolute atomic E-state index is 13.8. The van der Waals surface area contributed by atoms with Crippen molar-refractivity contribution in [2.75, 3.05) is 6.54 Å². The van der Waals surface area contributed by atoms with Crippen LogP contribution in [-0.4, -0.2) is 66.3 Å². The summed E-state index contributed by atoms with van der Waals surface area (Å²) in [5.41, 5.74) is 4.12. The van der Waals surface area contributed by atoms with Crippen LogP contribution in [0.15, 0.2) is 41.0 Å². The van der Waals surface area contributed by atoms with Crippen molar-refractivity contribution in [2.45, 2.75) is 57.7 Å². The molecule has 0 radical (unpaired) electrons. The Kier molecular flexibility index (Phi) is 6.45. The van der Waals surface area contributed by atoms with Crippen LogP contribution in [0.25, 0.3) is 10.4 Å². The van der Waals surface area contributed by atoms with Gasteiger partial charge in [0.25, 0.3) is 5.91 Å². The molecule has 2 amide bonds. The van der Waals surface area contributed by atoms with Crippen LogP contribution < -0.4 is 5.32 Å². The number of nitrogens with one attached hydrogen (secondary N) is 1. The molecule has 1 fully saturated rings. The fourth-order valence-electron chi connectivity index (χ4n) is 5.20. The number of amidine groups is 1. The predicted octanol–water partition coefficient (Wildman–Crippen LogP) is 2.39. The van der Waals surface area contributed by atoms with Crippen LogP contribution in [-0.2, 0) is 22.2 Å². The zero-order chi connectivity index (χ0) is 26.5. The lowest BCUT2D eigenvalue weighted by atomic mass is 9.90. The summed E-state index contributed by atoms with van der Waals surface area (Å²) in [7, 11) is 1.76. The van der Waals surface area contributed by atoms with Crippen LogP contribution >= 0.6 is 11.3 Å². The van der Waals surface area contributed by atoms with E-state index in [9.17, 15) is 14.7 Å². The molecule has 10 nitrogen and oxygen atoms in total. The standard InChI is InChI=1S/C26H31N7O3S/c1-14(2)21(19-12-32(5)31-30-19)24(35)33-11-18(34)10-20(33)23-28-25(36)26(4,29-23)17-8-6-16(7-9-17)22-15(3)27-13-37-22/h6-9,12-14,18,20-21,34H,10-11H2,1-5H3,(H,28,29,36)/t18-,20?,21?,26+/m1/s1. The number of carbonyl (C=O) groups is 2. The Morgan fingerprint density at radius 1 is 1.27 bits per heavy atom. The Hall–Kier alpha value is -3.44. The molecule has 11 heteroatoms. The van der Waals surface area contributed by atoms with Gasteiger partial charge in [0.1, 0.15) is 11.4 Å². The molecule has 0 aliphatic carbocycles. The molecule has 0 bridgehead atoms. The quantitative estimate of drug-likeness (QED) is 0.510. The highest BCUT2D eigenvalue weighted by atomic mass is 32.1. The number of thiazole rings is 1. The molecule has 194 valence electrons. The van der Waals surface area contributed by atoms with Gasteiger partial charge < -0.3 is 15.3 Å². The summed E-state index contributed by atoms with van der Waals surface area (Å²) in [4.78, 5) is 38.4. The van der Waals surface area contributed by atoms with E-state index in [1.54, 1.807) is 41.1 Å². The largest absolute Gasteiger partial charge is 0.391 e. The first-order chi connectivity index (χ1) is 17.6. The minimum absolute atomic E-state index is 0.0336. The number of nitrogens with zero attached hydrogens (tertiary/aromatic N) is 6. The van der Waals surface area contributed by atoms with E-state index in [0.717, 1.165) is 21.7 Å². The van der Waals surface area contributed by atoms with Crippen LogP contribution in [0.4, 0.5) is 0 Å². The normalized spacial score (nSPS) is 24.5. The van der Waals surface area contributed by atoms with Crippen LogP contribution in [0.2, 0.25) is 0 Å². The minimum Gasteiger partial charge on any atom is -0.391 e. The average molecular weight is 522 g/mol. The molecule has 2 aliphatic heterocycles. The molecule has 2 aliphatic rings. The molecule has 1 aromatic carbocycles. The van der Waals surface area contributed by atoms with Gasteiger partial charge in [-0.25, -0.2) is 4.98 Å². The van der Waals surface area contributed by atoms with E-state index in [2.05, 4.69) is 25.6 Å². The summed E-state index contributed by atoms with van der Waals surface area (Å²) in [6.45, 7) is 7.86. The van der Waals surface area contributed by atoms with E-state index in [4.69, 9.17) is 0 Å². The molecule has 5 rings (SSSR count). The van der Waals surface area contributed by atoms with Gasteiger partial charge in [-0.2, -0.15) is 4.99 Å². The second-order valence-electron chi connectivity index (χ2n) is 10.3. The van der Waals surface area contributed by atoms with Gasteiger partial charge in [0, 0.05) is 26.2 Å². The van der Waals surface area contributed by atoms with E-state index in [1.165, 1.54) is 0 Å². The SMILES string of the molecule is Cc1ncsc1-c1ccc([C@]2(C)NC(C3C[C@@H](O)CN3C(=O)C(c3cn(C)nn3)C(C)C)=NC2=O)cc1. The number of aliphatic hydroxyl groups excluding tert-OH is 1. The van der Waals surface area contributed by atoms with Crippen molar-refractivity contribution in [1.29, 1.82) is 0 Å². The molecule has 2 unspecified atom stereocenters. The van der Waals surface area contributed by atoms with Crippen molar-refractivity contribution in [3.63, 3.8) is 0 Å². The molecule has 2 aromatic heterocycles. The van der Waals surface area contributed by atoms with Crippen LogP contribution in [0.1, 0.15) is 50.1 Å². The molecule has 2 N–H and O–H groups in total. The summed E-state index contributed by atoms with van der Waals surface area (Å²) in [6, 6.07) is 7.28. The summed E-state index contributed by atoms with van der Waals surface area (Å²) < 4.78 is 1.57. The lowest BCUT2D eigenvalue weighted by molar-refractivity contribution is -0.134. The highest BCUT2D eigenvalue weighted by molar-refractivity contribution is 7.13. The third kappa shape index (κ3) is 4.46. The van der Waals surface area contributed by atoms with Gasteiger partial charge in [0.2, 0.25) is 5.91 Å². The van der Waals surface area contributed by atoms with Crippen molar-refractivity contribution >= 4 is 29.0 Å². The lowest BCUT2D eigenvalue weighted by Crippen LogP contribution is -2.51. The predicted molar refractivity (Wildman–Crippen MR) is 140 cm³/mol. The van der Waals surface area contributed by atoms with Gasteiger partial charge in [-0.05, 0) is 30.9 Å². The Morgan fingerprint density at radius 2 is 2.00 bits per heavy atom. The Balaban J connectivity index is 1.39. The average Bonchev–Trinajstić information content (AvgIpc) is 3.62. The van der Waals surface area contributed by atoms with E-state index in [1.807, 2.05) is 50.5 Å². The topological polar surface area (TPSA) is 126 Å². The lowest BCUT2D eigenvalue weighted by Gasteiger charge is -2.31. The molecular formula is C26H31N7O3S. The second-order valence-corrected chi connectivity index (χ2v) is 11.2. The molecule has 4 atom stereocenters. The van der Waals surface area contributed by atoms with Gasteiger partial charge in [-0.15, -0.1) is 16.4 Å². The third-order valence-corrected chi connectivity index (χ3v) is 8.22. The zero-order valence-corrected chi connectivity index (χ0v) is 22.4. The van der Waals surface area contributed by atoms with E-state index >= 15 is 0 Å². The van der Waals surface area contributed by atoms with Gasteiger partial charge in [-0.1, -0.05) is 43.3 Å². The fourth-order valence-corrected chi connectivity index (χ4v) is 6.01. The Morgan fingerprint density at radius 3 is 2.59 bits per heavy atom. The van der Waals surface area contributed by atoms with Gasteiger partial charge in [-0.3, -0.25) is 14.3 Å². The number of amides is 2. The van der Waals surface area contributed by atoms with Crippen molar-refractivity contribution in [2.24, 2.45) is 18.0 Å². The summed E-state index contributed by atoms with van der Waals surface area (Å²) in [5.74, 6) is -0.636. The fraction of sp³-hybridized carbons (Fsp3) is 0.462. The van der Waals surface area contributed by atoms with E-state index in [-0.39, 0.29) is 24.3 Å². The number of carbonyl (C=O) groups excluding carboxylic acids is 2. The van der Waals surface area contributed by atoms with E-state index < -0.39 is 23.6 Å². The number of hydrogen-bond acceptors (Lipinski definition) is 8. The number of aromatic nitrogens is 4. The first-order valence-corrected chi connectivity index (χ1v) is 13.2. The highest BCUT2D eigenvalue weighted by Crippen LogP contribution is 2.34. The number of rotatable bonds is 6. The van der Waals surface area contributed by atoms with Crippen molar-refractivity contribution in [1.82, 2.24) is 30.2 Å². The van der Waals surface area contributed by atoms with Crippen molar-refractivity contribution in [3.8, 4) is 10.4 Å². The Labute approximate surface area is 219 Å². The summed E-state index contributed by atoms with van der Waals surface area (Å²) in [6.07, 6.45) is 1.33. The molecule has 1 saturated heterocycles. The first-order valence-electron chi connectivity index (χ1n) is 12.4. The third-order valence-electron chi connectivity index (χ3n) is 7.25. The highest BCUT2D eigenvalue weighted by Gasteiger charge is 2.48. The maximum atomic E-state index is 13.8. The van der Waals surface area contributed by atoms with Crippen molar-refractivity contribution in [3.05, 3.63) is 52.9 Å². The van der Waals surface area contributed by atoms with Gasteiger partial charge >= 0.3 is 0 Å². The van der Waals surface area contributed by atoms with Crippen LogP contribution in [0.3, 0.4) is 0 Å².